The number of nitrogen functional groups attached to an aromatic ring is 2. The summed E-state index contributed by atoms with van der Waals surface area (Å²) in [7, 11) is 3.63. The molecule has 0 saturated heterocycles. The Labute approximate surface area is 152 Å². The van der Waals surface area contributed by atoms with E-state index in [0.717, 1.165) is 0 Å². The molecule has 0 fully saturated rings. The predicted molar refractivity (Wildman–Crippen MR) is 102 cm³/mol. The van der Waals surface area contributed by atoms with Gasteiger partial charge in [-0.15, -0.1) is 5.11 Å². The van der Waals surface area contributed by atoms with E-state index in [1.54, 1.807) is 17.0 Å². The summed E-state index contributed by atoms with van der Waals surface area (Å²) >= 11 is 0. The molecule has 0 aliphatic rings. The molecule has 0 aliphatic heterocycles. The summed E-state index contributed by atoms with van der Waals surface area (Å²) < 4.78 is 5.45. The Hall–Kier alpha value is -3.00. The van der Waals surface area contributed by atoms with Crippen LogP contribution in [0.2, 0.25) is 0 Å². The van der Waals surface area contributed by atoms with E-state index < -0.39 is 12.0 Å². The topological polar surface area (TPSA) is 119 Å². The Balaban J connectivity index is 2.27. The quantitative estimate of drug-likeness (QED) is 0.606. The van der Waals surface area contributed by atoms with Crippen LogP contribution in [0.15, 0.2) is 46.6 Å². The van der Waals surface area contributed by atoms with Gasteiger partial charge >= 0.3 is 5.97 Å². The minimum absolute atomic E-state index is 0.0239. The van der Waals surface area contributed by atoms with Crippen molar-refractivity contribution in [1.82, 2.24) is 9.88 Å². The van der Waals surface area contributed by atoms with E-state index in [1.165, 1.54) is 6.07 Å². The second-order valence-corrected chi connectivity index (χ2v) is 6.39. The van der Waals surface area contributed by atoms with Crippen LogP contribution in [0.25, 0.3) is 0 Å². The number of carbonyl (C=O) groups excluding carboxylic acids is 1. The number of benzene rings is 1. The summed E-state index contributed by atoms with van der Waals surface area (Å²) in [5.74, 6) is -0.114. The zero-order chi connectivity index (χ0) is 19.3. The fourth-order valence-electron chi connectivity index (χ4n) is 2.53. The Bertz CT molecular complexity index is 782. The van der Waals surface area contributed by atoms with Crippen LogP contribution in [-0.2, 0) is 4.79 Å². The first kappa shape index (κ1) is 19.3. The third-order valence-corrected chi connectivity index (χ3v) is 3.69. The van der Waals surface area contributed by atoms with Gasteiger partial charge in [0, 0.05) is 6.07 Å². The molecule has 2 rings (SSSR count). The van der Waals surface area contributed by atoms with Crippen LogP contribution in [0.4, 0.5) is 23.0 Å². The molecule has 8 nitrogen and oxygen atoms in total. The number of anilines is 2. The Morgan fingerprint density at radius 1 is 1.12 bits per heavy atom. The third kappa shape index (κ3) is 4.76. The van der Waals surface area contributed by atoms with E-state index in [0.29, 0.717) is 5.69 Å². The standard InChI is InChI=1S/C18H24N6O2/c1-11(2)15(24(3)4)18(25)26-14-10-13(16(19)21-17(14)20)23-22-12-8-6-5-7-9-12/h5-11,15H,1-4H3,(H4,19,20,21)/b23-22+. The number of likely N-dealkylation sites (N-methyl/N-ethyl adjacent to an activating group) is 1. The molecule has 4 N–H and O–H groups in total. The number of hydrogen-bond acceptors (Lipinski definition) is 8. The van der Waals surface area contributed by atoms with Gasteiger partial charge in [0.25, 0.3) is 0 Å². The minimum Gasteiger partial charge on any atom is -0.421 e. The largest absolute Gasteiger partial charge is 0.421 e. The molecule has 8 heteroatoms. The first-order valence-corrected chi connectivity index (χ1v) is 8.20. The lowest BCUT2D eigenvalue weighted by molar-refractivity contribution is -0.141. The van der Waals surface area contributed by atoms with Gasteiger partial charge in [0.05, 0.1) is 5.69 Å². The minimum atomic E-state index is -0.422. The maximum atomic E-state index is 12.5. The Kier molecular flexibility index (Phi) is 6.24. The first-order chi connectivity index (χ1) is 12.3. The summed E-state index contributed by atoms with van der Waals surface area (Å²) in [5, 5.41) is 8.17. The number of esters is 1. The fraction of sp³-hybridized carbons (Fsp3) is 0.333. The van der Waals surface area contributed by atoms with Gasteiger partial charge in [-0.1, -0.05) is 32.0 Å². The van der Waals surface area contributed by atoms with Crippen LogP contribution in [-0.4, -0.2) is 36.0 Å². The molecule has 0 saturated carbocycles. The molecule has 0 aliphatic carbocycles. The van der Waals surface area contributed by atoms with Gasteiger partial charge in [-0.3, -0.25) is 4.90 Å². The van der Waals surface area contributed by atoms with Gasteiger partial charge in [0.15, 0.2) is 17.4 Å². The summed E-state index contributed by atoms with van der Waals surface area (Å²) in [5.41, 5.74) is 12.6. The molecule has 1 aromatic carbocycles. The highest BCUT2D eigenvalue weighted by atomic mass is 16.5. The first-order valence-electron chi connectivity index (χ1n) is 8.20. The number of nitrogens with two attached hydrogens (primary N) is 2. The van der Waals surface area contributed by atoms with Gasteiger partial charge in [-0.25, -0.2) is 9.78 Å². The summed E-state index contributed by atoms with van der Waals surface area (Å²) in [6.07, 6.45) is 0. The second-order valence-electron chi connectivity index (χ2n) is 6.39. The number of rotatable bonds is 6. The Morgan fingerprint density at radius 2 is 1.77 bits per heavy atom. The second kappa shape index (κ2) is 8.39. The van der Waals surface area contributed by atoms with Crippen molar-refractivity contribution in [2.75, 3.05) is 25.6 Å². The van der Waals surface area contributed by atoms with Crippen molar-refractivity contribution >= 4 is 29.0 Å². The summed E-state index contributed by atoms with van der Waals surface area (Å²) in [6.45, 7) is 3.88. The molecule has 1 unspecified atom stereocenters. The van der Waals surface area contributed by atoms with Crippen LogP contribution >= 0.6 is 0 Å². The number of hydrogen-bond donors (Lipinski definition) is 2. The van der Waals surface area contributed by atoms with E-state index in [-0.39, 0.29) is 29.0 Å². The molecule has 0 amide bonds. The SMILES string of the molecule is CC(C)C(C(=O)Oc1cc(/N=N/c2ccccc2)c(N)nc1N)N(C)C. The number of carbonyl (C=O) groups is 1. The van der Waals surface area contributed by atoms with Crippen molar-refractivity contribution in [3.8, 4) is 5.75 Å². The molecule has 1 aromatic heterocycles. The zero-order valence-corrected chi connectivity index (χ0v) is 15.4. The van der Waals surface area contributed by atoms with Crippen LogP contribution in [0.1, 0.15) is 13.8 Å². The molecule has 0 bridgehead atoms. The predicted octanol–water partition coefficient (Wildman–Crippen LogP) is 3.15. The maximum Gasteiger partial charge on any atom is 0.329 e. The van der Waals surface area contributed by atoms with E-state index in [1.807, 2.05) is 46.1 Å². The lowest BCUT2D eigenvalue weighted by Gasteiger charge is -2.25. The molecule has 26 heavy (non-hydrogen) atoms. The average Bonchev–Trinajstić information content (AvgIpc) is 2.56. The van der Waals surface area contributed by atoms with Crippen LogP contribution in [0.5, 0.6) is 5.75 Å². The molecule has 138 valence electrons. The van der Waals surface area contributed by atoms with Gasteiger partial charge in [0.2, 0.25) is 0 Å². The van der Waals surface area contributed by atoms with Crippen molar-refractivity contribution < 1.29 is 9.53 Å². The van der Waals surface area contributed by atoms with E-state index in [2.05, 4.69) is 15.2 Å². The van der Waals surface area contributed by atoms with Crippen molar-refractivity contribution in [2.24, 2.45) is 16.1 Å². The lowest BCUT2D eigenvalue weighted by atomic mass is 10.0. The number of nitrogens with zero attached hydrogens (tertiary/aromatic N) is 4. The monoisotopic (exact) mass is 356 g/mol. The van der Waals surface area contributed by atoms with Crippen molar-refractivity contribution in [2.45, 2.75) is 19.9 Å². The highest BCUT2D eigenvalue weighted by molar-refractivity contribution is 5.80. The van der Waals surface area contributed by atoms with Gasteiger partial charge in [0.1, 0.15) is 11.7 Å². The van der Waals surface area contributed by atoms with E-state index in [4.69, 9.17) is 16.2 Å². The van der Waals surface area contributed by atoms with Crippen LogP contribution < -0.4 is 16.2 Å². The number of azo groups is 1. The fourth-order valence-corrected chi connectivity index (χ4v) is 2.53. The maximum absolute atomic E-state index is 12.5. The van der Waals surface area contributed by atoms with Crippen molar-refractivity contribution in [3.05, 3.63) is 36.4 Å². The van der Waals surface area contributed by atoms with Crippen LogP contribution in [0, 0.1) is 5.92 Å². The summed E-state index contributed by atoms with van der Waals surface area (Å²) in [4.78, 5) is 18.3. The molecule has 2 aromatic rings. The molecule has 0 spiro atoms. The highest BCUT2D eigenvalue weighted by Crippen LogP contribution is 2.32. The Morgan fingerprint density at radius 3 is 2.35 bits per heavy atom. The average molecular weight is 356 g/mol. The molecule has 1 atom stereocenters. The van der Waals surface area contributed by atoms with Crippen LogP contribution in [0.3, 0.4) is 0 Å². The van der Waals surface area contributed by atoms with E-state index >= 15 is 0 Å². The van der Waals surface area contributed by atoms with E-state index in [9.17, 15) is 4.79 Å². The van der Waals surface area contributed by atoms with Crippen molar-refractivity contribution in [3.63, 3.8) is 0 Å². The number of pyridine rings is 1. The number of ether oxygens (including phenoxy) is 1. The molecule has 0 radical (unpaired) electrons. The number of aromatic nitrogens is 1. The zero-order valence-electron chi connectivity index (χ0n) is 15.4. The van der Waals surface area contributed by atoms with Crippen molar-refractivity contribution in [1.29, 1.82) is 0 Å². The normalized spacial score (nSPS) is 12.7. The molecule has 1 heterocycles. The highest BCUT2D eigenvalue weighted by Gasteiger charge is 2.27. The lowest BCUT2D eigenvalue weighted by Crippen LogP contribution is -2.42. The molecular formula is C18H24N6O2. The smallest absolute Gasteiger partial charge is 0.329 e. The summed E-state index contributed by atoms with van der Waals surface area (Å²) in [6, 6.07) is 10.2. The van der Waals surface area contributed by atoms with Gasteiger partial charge in [-0.05, 0) is 32.1 Å². The third-order valence-electron chi connectivity index (χ3n) is 3.69. The van der Waals surface area contributed by atoms with Gasteiger partial charge in [-0.2, -0.15) is 5.11 Å². The van der Waals surface area contributed by atoms with Gasteiger partial charge < -0.3 is 16.2 Å². The molecular weight excluding hydrogens is 332 g/mol.